The van der Waals surface area contributed by atoms with Crippen LogP contribution in [-0.4, -0.2) is 42.4 Å². The zero-order chi connectivity index (χ0) is 16.2. The van der Waals surface area contributed by atoms with E-state index in [1.807, 2.05) is 30.3 Å². The summed E-state index contributed by atoms with van der Waals surface area (Å²) in [6.07, 6.45) is -0.606. The molecule has 0 bridgehead atoms. The molecule has 1 aliphatic rings. The second-order valence-electron chi connectivity index (χ2n) is 5.37. The molecule has 2 rings (SSSR count). The van der Waals surface area contributed by atoms with Crippen LogP contribution in [0, 0.1) is 5.41 Å². The third kappa shape index (κ3) is 3.27. The van der Waals surface area contributed by atoms with Crippen molar-refractivity contribution in [3.63, 3.8) is 0 Å². The molecule has 1 amide bonds. The van der Waals surface area contributed by atoms with Gasteiger partial charge in [-0.25, -0.2) is 4.79 Å². The van der Waals surface area contributed by atoms with Crippen molar-refractivity contribution in [2.75, 3.05) is 19.7 Å². The summed E-state index contributed by atoms with van der Waals surface area (Å²) < 4.78 is 10.1. The third-order valence-electron chi connectivity index (χ3n) is 3.65. The zero-order valence-corrected chi connectivity index (χ0v) is 12.7. The average Bonchev–Trinajstić information content (AvgIpc) is 2.83. The van der Waals surface area contributed by atoms with Crippen molar-refractivity contribution in [2.24, 2.45) is 5.41 Å². The number of rotatable bonds is 4. The highest BCUT2D eigenvalue weighted by Crippen LogP contribution is 2.28. The fourth-order valence-corrected chi connectivity index (χ4v) is 2.28. The lowest BCUT2D eigenvalue weighted by atomic mass is 9.89. The summed E-state index contributed by atoms with van der Waals surface area (Å²) in [7, 11) is 0. The molecule has 1 heterocycles. The van der Waals surface area contributed by atoms with Gasteiger partial charge in [-0.1, -0.05) is 30.3 Å². The third-order valence-corrected chi connectivity index (χ3v) is 3.65. The maximum absolute atomic E-state index is 12.1. The van der Waals surface area contributed by atoms with Gasteiger partial charge in [-0.15, -0.1) is 0 Å². The molecule has 1 aromatic rings. The lowest BCUT2D eigenvalue weighted by Gasteiger charge is -2.20. The Balaban J connectivity index is 1.95. The zero-order valence-electron chi connectivity index (χ0n) is 12.7. The fourth-order valence-electron chi connectivity index (χ4n) is 2.28. The quantitative estimate of drug-likeness (QED) is 0.626. The highest BCUT2D eigenvalue weighted by atomic mass is 16.6. The Morgan fingerprint density at radius 2 is 1.91 bits per heavy atom. The van der Waals surface area contributed by atoms with Crippen molar-refractivity contribution in [2.45, 2.75) is 20.5 Å². The van der Waals surface area contributed by atoms with Crippen LogP contribution in [0.4, 0.5) is 4.79 Å². The van der Waals surface area contributed by atoms with Crippen LogP contribution in [-0.2, 0) is 25.7 Å². The Morgan fingerprint density at radius 3 is 2.55 bits per heavy atom. The lowest BCUT2D eigenvalue weighted by Crippen LogP contribution is -2.38. The summed E-state index contributed by atoms with van der Waals surface area (Å²) >= 11 is 0. The van der Waals surface area contributed by atoms with E-state index in [9.17, 15) is 14.4 Å². The molecule has 1 aromatic carbocycles. The molecule has 22 heavy (non-hydrogen) atoms. The minimum atomic E-state index is -1.30. The Morgan fingerprint density at radius 1 is 1.23 bits per heavy atom. The summed E-state index contributed by atoms with van der Waals surface area (Å²) in [6, 6.07) is 9.24. The van der Waals surface area contributed by atoms with Gasteiger partial charge in [0.25, 0.3) is 0 Å². The second-order valence-corrected chi connectivity index (χ2v) is 5.37. The number of ether oxygens (including phenoxy) is 2. The van der Waals surface area contributed by atoms with Crippen molar-refractivity contribution in [3.8, 4) is 0 Å². The van der Waals surface area contributed by atoms with E-state index in [1.54, 1.807) is 6.92 Å². The van der Waals surface area contributed by atoms with Crippen LogP contribution in [0.2, 0.25) is 0 Å². The number of benzene rings is 1. The number of hydrogen-bond donors (Lipinski definition) is 0. The highest BCUT2D eigenvalue weighted by Gasteiger charge is 2.51. The van der Waals surface area contributed by atoms with E-state index < -0.39 is 17.5 Å². The monoisotopic (exact) mass is 305 g/mol. The Kier molecular flexibility index (Phi) is 4.80. The fraction of sp³-hybridized carbons (Fsp3) is 0.438. The summed E-state index contributed by atoms with van der Waals surface area (Å²) in [6.45, 7) is 3.34. The predicted molar refractivity (Wildman–Crippen MR) is 77.9 cm³/mol. The first-order valence-corrected chi connectivity index (χ1v) is 7.13. The van der Waals surface area contributed by atoms with Gasteiger partial charge < -0.3 is 9.47 Å². The number of nitrogens with zero attached hydrogens (tertiary/aromatic N) is 1. The van der Waals surface area contributed by atoms with E-state index in [0.717, 1.165) is 5.56 Å². The molecule has 0 N–H and O–H groups in total. The molecule has 1 saturated heterocycles. The highest BCUT2D eigenvalue weighted by molar-refractivity contribution is 6.07. The van der Waals surface area contributed by atoms with E-state index in [1.165, 1.54) is 11.8 Å². The maximum atomic E-state index is 12.1. The number of Topliss-reactive ketones (excluding diaryl/α,β-unsaturated/α-hetero) is 1. The van der Waals surface area contributed by atoms with E-state index in [4.69, 9.17) is 9.47 Å². The summed E-state index contributed by atoms with van der Waals surface area (Å²) in [4.78, 5) is 37.2. The van der Waals surface area contributed by atoms with Gasteiger partial charge in [0.05, 0.1) is 13.2 Å². The molecule has 0 spiro atoms. The largest absolute Gasteiger partial charge is 0.465 e. The number of carbonyl (C=O) groups excluding carboxylic acids is 3. The van der Waals surface area contributed by atoms with Crippen LogP contribution in [0.5, 0.6) is 0 Å². The summed E-state index contributed by atoms with van der Waals surface area (Å²) in [5.41, 5.74) is -0.448. The van der Waals surface area contributed by atoms with Crippen LogP contribution in [0.25, 0.3) is 0 Å². The van der Waals surface area contributed by atoms with Gasteiger partial charge in [-0.3, -0.25) is 14.5 Å². The Labute approximate surface area is 129 Å². The lowest BCUT2D eigenvalue weighted by molar-refractivity contribution is -0.156. The number of esters is 1. The topological polar surface area (TPSA) is 72.9 Å². The van der Waals surface area contributed by atoms with Crippen molar-refractivity contribution in [3.05, 3.63) is 35.9 Å². The molecule has 0 aromatic heterocycles. The van der Waals surface area contributed by atoms with Crippen LogP contribution in [0.3, 0.4) is 0 Å². The normalized spacial score (nSPS) is 20.8. The molecule has 0 saturated carbocycles. The van der Waals surface area contributed by atoms with Gasteiger partial charge in [0.1, 0.15) is 12.0 Å². The molecular weight excluding hydrogens is 286 g/mol. The van der Waals surface area contributed by atoms with Gasteiger partial charge in [0.15, 0.2) is 5.78 Å². The molecule has 1 unspecified atom stereocenters. The molecule has 0 radical (unpaired) electrons. The molecule has 1 aliphatic heterocycles. The summed E-state index contributed by atoms with van der Waals surface area (Å²) in [5.74, 6) is -0.930. The number of hydrogen-bond acceptors (Lipinski definition) is 5. The van der Waals surface area contributed by atoms with E-state index in [0.29, 0.717) is 0 Å². The van der Waals surface area contributed by atoms with Crippen molar-refractivity contribution >= 4 is 17.8 Å². The summed E-state index contributed by atoms with van der Waals surface area (Å²) in [5, 5.41) is 0. The van der Waals surface area contributed by atoms with Gasteiger partial charge in [0.2, 0.25) is 0 Å². The van der Waals surface area contributed by atoms with E-state index >= 15 is 0 Å². The first-order chi connectivity index (χ1) is 10.5. The predicted octanol–water partition coefficient (Wildman–Crippen LogP) is 1.78. The van der Waals surface area contributed by atoms with Crippen LogP contribution in [0.15, 0.2) is 30.3 Å². The number of likely N-dealkylation sites (tertiary alicyclic amines) is 1. The smallest absolute Gasteiger partial charge is 0.410 e. The standard InChI is InChI=1S/C16H19NO5/c1-3-21-14(19)16(2)11-17(9-13(16)18)15(20)22-10-12-7-5-4-6-8-12/h4-8H,3,9-11H2,1-2H3. The molecule has 118 valence electrons. The van der Waals surface area contributed by atoms with E-state index in [2.05, 4.69) is 0 Å². The van der Waals surface area contributed by atoms with Crippen molar-refractivity contribution in [1.29, 1.82) is 0 Å². The second kappa shape index (κ2) is 6.60. The molecule has 6 nitrogen and oxygen atoms in total. The van der Waals surface area contributed by atoms with Crippen LogP contribution in [0.1, 0.15) is 19.4 Å². The number of carbonyl (C=O) groups is 3. The van der Waals surface area contributed by atoms with Crippen molar-refractivity contribution in [1.82, 2.24) is 4.90 Å². The first kappa shape index (κ1) is 16.0. The minimum Gasteiger partial charge on any atom is -0.465 e. The van der Waals surface area contributed by atoms with Gasteiger partial charge >= 0.3 is 12.1 Å². The van der Waals surface area contributed by atoms with Crippen LogP contribution < -0.4 is 0 Å². The van der Waals surface area contributed by atoms with Crippen LogP contribution >= 0.6 is 0 Å². The minimum absolute atomic E-state index is 0.0156. The molecular formula is C16H19NO5. The Hall–Kier alpha value is -2.37. The molecule has 6 heteroatoms. The first-order valence-electron chi connectivity index (χ1n) is 7.13. The SMILES string of the molecule is CCOC(=O)C1(C)CN(C(=O)OCc2ccccc2)CC1=O. The Bertz CT molecular complexity index is 571. The number of amides is 1. The van der Waals surface area contributed by atoms with Gasteiger partial charge in [-0.2, -0.15) is 0 Å². The van der Waals surface area contributed by atoms with Gasteiger partial charge in [-0.05, 0) is 19.4 Å². The van der Waals surface area contributed by atoms with E-state index in [-0.39, 0.29) is 32.1 Å². The number of ketones is 1. The molecule has 1 fully saturated rings. The van der Waals surface area contributed by atoms with Crippen molar-refractivity contribution < 1.29 is 23.9 Å². The maximum Gasteiger partial charge on any atom is 0.410 e. The molecule has 1 atom stereocenters. The molecule has 0 aliphatic carbocycles. The average molecular weight is 305 g/mol. The van der Waals surface area contributed by atoms with Gasteiger partial charge in [0, 0.05) is 6.54 Å².